The molecule has 1 saturated heterocycles. The van der Waals surface area contributed by atoms with Crippen LogP contribution in [-0.2, 0) is 11.2 Å². The second kappa shape index (κ2) is 7.82. The summed E-state index contributed by atoms with van der Waals surface area (Å²) in [4.78, 5) is 27.9. The number of likely N-dealkylation sites (tertiary alicyclic amines) is 1. The molecule has 2 amide bonds. The van der Waals surface area contributed by atoms with Crippen molar-refractivity contribution in [2.75, 3.05) is 5.32 Å². The van der Waals surface area contributed by atoms with Crippen molar-refractivity contribution in [3.63, 3.8) is 0 Å². The molecule has 1 aliphatic heterocycles. The Morgan fingerprint density at radius 1 is 1.17 bits per heavy atom. The van der Waals surface area contributed by atoms with Crippen molar-refractivity contribution < 1.29 is 9.59 Å². The summed E-state index contributed by atoms with van der Waals surface area (Å²) in [5.41, 5.74) is 2.30. The molecule has 0 aromatic heterocycles. The van der Waals surface area contributed by atoms with Gasteiger partial charge in [0.2, 0.25) is 5.91 Å². The van der Waals surface area contributed by atoms with Crippen molar-refractivity contribution in [1.82, 2.24) is 4.90 Å². The maximum Gasteiger partial charge on any atom is 0.255 e. The van der Waals surface area contributed by atoms with Crippen LogP contribution in [-0.4, -0.2) is 28.8 Å². The van der Waals surface area contributed by atoms with E-state index in [0.717, 1.165) is 44.1 Å². The van der Waals surface area contributed by atoms with Crippen molar-refractivity contribution in [3.05, 3.63) is 29.3 Å². The maximum atomic E-state index is 13.3. The van der Waals surface area contributed by atoms with Gasteiger partial charge in [-0.15, -0.1) is 0 Å². The second-order valence-electron chi connectivity index (χ2n) is 9.32. The minimum Gasteiger partial charge on any atom is -0.326 e. The number of carbonyl (C=O) groups is 2. The maximum absolute atomic E-state index is 13.3. The summed E-state index contributed by atoms with van der Waals surface area (Å²) in [6, 6.07) is 7.84. The standard InChI is InChI=1S/C24H31N3O2/c1-4-16-9-18(24(29)27-20(13-25)12-21-15(3)22(21)27)11-19(10-16)26-23(28)17-7-5-14(2)6-8-17/h9-11,14-15,17,20-22H,4-8,12H2,1-3H3,(H,26,28)/t14?,15-,17?,20-,21+,22-/m0/s1. The molecular formula is C24H31N3O2. The van der Waals surface area contributed by atoms with Crippen molar-refractivity contribution in [2.45, 2.75) is 71.4 Å². The van der Waals surface area contributed by atoms with Gasteiger partial charge in [-0.25, -0.2) is 0 Å². The number of aryl methyl sites for hydroxylation is 1. The molecule has 5 nitrogen and oxygen atoms in total. The highest BCUT2D eigenvalue weighted by molar-refractivity contribution is 5.98. The zero-order valence-electron chi connectivity index (χ0n) is 17.6. The van der Waals surface area contributed by atoms with Crippen LogP contribution >= 0.6 is 0 Å². The van der Waals surface area contributed by atoms with E-state index in [0.29, 0.717) is 29.0 Å². The molecule has 4 rings (SSSR count). The van der Waals surface area contributed by atoms with Crippen LogP contribution in [0.25, 0.3) is 0 Å². The zero-order valence-corrected chi connectivity index (χ0v) is 17.6. The molecule has 2 aliphatic carbocycles. The molecule has 1 aromatic carbocycles. The zero-order chi connectivity index (χ0) is 20.7. The molecule has 1 aromatic rings. The van der Waals surface area contributed by atoms with Crippen molar-refractivity contribution in [3.8, 4) is 6.07 Å². The molecule has 0 spiro atoms. The Hall–Kier alpha value is -2.35. The highest BCUT2D eigenvalue weighted by Gasteiger charge is 2.60. The van der Waals surface area contributed by atoms with Gasteiger partial charge in [0.15, 0.2) is 0 Å². The molecule has 5 heteroatoms. The summed E-state index contributed by atoms with van der Waals surface area (Å²) >= 11 is 0. The number of hydrogen-bond acceptors (Lipinski definition) is 3. The molecule has 3 fully saturated rings. The largest absolute Gasteiger partial charge is 0.326 e. The van der Waals surface area contributed by atoms with E-state index >= 15 is 0 Å². The highest BCUT2D eigenvalue weighted by atomic mass is 16.2. The number of amides is 2. The Balaban J connectivity index is 1.53. The van der Waals surface area contributed by atoms with E-state index in [1.54, 1.807) is 11.0 Å². The summed E-state index contributed by atoms with van der Waals surface area (Å²) < 4.78 is 0. The number of rotatable bonds is 4. The van der Waals surface area contributed by atoms with Gasteiger partial charge in [0.05, 0.1) is 6.07 Å². The van der Waals surface area contributed by atoms with Crippen LogP contribution in [0.15, 0.2) is 18.2 Å². The third kappa shape index (κ3) is 3.77. The summed E-state index contributed by atoms with van der Waals surface area (Å²) in [6.45, 7) is 6.45. The fraction of sp³-hybridized carbons (Fsp3) is 0.625. The summed E-state index contributed by atoms with van der Waals surface area (Å²) in [6.07, 6.45) is 5.64. The van der Waals surface area contributed by atoms with Gasteiger partial charge < -0.3 is 10.2 Å². The van der Waals surface area contributed by atoms with Gasteiger partial charge >= 0.3 is 0 Å². The SMILES string of the molecule is CCc1cc(NC(=O)C2CCC(C)CC2)cc(C(=O)N2[C@H]3[C@@H](C)[C@H]3C[C@H]2C#N)c1. The van der Waals surface area contributed by atoms with E-state index < -0.39 is 0 Å². The van der Waals surface area contributed by atoms with Gasteiger partial charge in [-0.2, -0.15) is 5.26 Å². The summed E-state index contributed by atoms with van der Waals surface area (Å²) in [5.74, 6) is 1.69. The van der Waals surface area contributed by atoms with Crippen molar-refractivity contribution >= 4 is 17.5 Å². The van der Waals surface area contributed by atoms with E-state index in [9.17, 15) is 14.9 Å². The first-order valence-electron chi connectivity index (χ1n) is 11.1. The highest BCUT2D eigenvalue weighted by Crippen LogP contribution is 2.53. The van der Waals surface area contributed by atoms with E-state index in [1.807, 2.05) is 19.1 Å². The average Bonchev–Trinajstić information content (AvgIpc) is 3.17. The predicted molar refractivity (Wildman–Crippen MR) is 112 cm³/mol. The molecule has 2 saturated carbocycles. The Kier molecular flexibility index (Phi) is 5.38. The first-order chi connectivity index (χ1) is 13.9. The number of carbonyl (C=O) groups excluding carboxylic acids is 2. The molecule has 0 radical (unpaired) electrons. The molecule has 4 atom stereocenters. The summed E-state index contributed by atoms with van der Waals surface area (Å²) in [5, 5.41) is 12.6. The number of nitrogens with zero attached hydrogens (tertiary/aromatic N) is 2. The number of benzene rings is 1. The normalized spacial score (nSPS) is 33.0. The lowest BCUT2D eigenvalue weighted by Gasteiger charge is -2.26. The molecular weight excluding hydrogens is 362 g/mol. The minimum absolute atomic E-state index is 0.0604. The van der Waals surface area contributed by atoms with E-state index in [-0.39, 0.29) is 29.8 Å². The van der Waals surface area contributed by atoms with Gasteiger partial charge in [0, 0.05) is 23.2 Å². The number of nitriles is 1. The van der Waals surface area contributed by atoms with E-state index in [2.05, 4.69) is 25.2 Å². The third-order valence-electron chi connectivity index (χ3n) is 7.35. The molecule has 154 valence electrons. The Morgan fingerprint density at radius 2 is 1.90 bits per heavy atom. The average molecular weight is 394 g/mol. The van der Waals surface area contributed by atoms with Crippen LogP contribution < -0.4 is 5.32 Å². The first-order valence-corrected chi connectivity index (χ1v) is 11.1. The fourth-order valence-corrected chi connectivity index (χ4v) is 5.31. The van der Waals surface area contributed by atoms with Crippen molar-refractivity contribution in [1.29, 1.82) is 5.26 Å². The molecule has 1 N–H and O–H groups in total. The Labute approximate surface area is 173 Å². The van der Waals surface area contributed by atoms with Crippen LogP contribution in [0.5, 0.6) is 0 Å². The summed E-state index contributed by atoms with van der Waals surface area (Å²) in [7, 11) is 0. The van der Waals surface area contributed by atoms with Gasteiger partial charge in [-0.1, -0.05) is 20.8 Å². The number of anilines is 1. The number of piperidine rings is 1. The van der Waals surface area contributed by atoms with Gasteiger partial charge in [-0.3, -0.25) is 9.59 Å². The second-order valence-corrected chi connectivity index (χ2v) is 9.32. The topological polar surface area (TPSA) is 73.2 Å². The molecule has 29 heavy (non-hydrogen) atoms. The lowest BCUT2D eigenvalue weighted by atomic mass is 9.82. The quantitative estimate of drug-likeness (QED) is 0.825. The van der Waals surface area contributed by atoms with Gasteiger partial charge in [-0.05, 0) is 80.0 Å². The van der Waals surface area contributed by atoms with Crippen molar-refractivity contribution in [2.24, 2.45) is 23.7 Å². The number of nitrogens with one attached hydrogen (secondary N) is 1. The Morgan fingerprint density at radius 3 is 2.55 bits per heavy atom. The number of hydrogen-bond donors (Lipinski definition) is 1. The van der Waals surface area contributed by atoms with Crippen LogP contribution in [0.1, 0.15) is 68.8 Å². The van der Waals surface area contributed by atoms with Gasteiger partial charge in [0.25, 0.3) is 5.91 Å². The Bertz CT molecular complexity index is 850. The molecule has 3 aliphatic rings. The number of fused-ring (bicyclic) bond motifs is 1. The third-order valence-corrected chi connectivity index (χ3v) is 7.35. The smallest absolute Gasteiger partial charge is 0.255 e. The van der Waals surface area contributed by atoms with E-state index in [1.165, 1.54) is 0 Å². The van der Waals surface area contributed by atoms with Crippen LogP contribution in [0, 0.1) is 35.0 Å². The fourth-order valence-electron chi connectivity index (χ4n) is 5.31. The van der Waals surface area contributed by atoms with Crippen LogP contribution in [0.3, 0.4) is 0 Å². The first kappa shape index (κ1) is 19.9. The van der Waals surface area contributed by atoms with Crippen LogP contribution in [0.2, 0.25) is 0 Å². The lowest BCUT2D eigenvalue weighted by Crippen LogP contribution is -2.39. The van der Waals surface area contributed by atoms with Crippen LogP contribution in [0.4, 0.5) is 5.69 Å². The van der Waals surface area contributed by atoms with E-state index in [4.69, 9.17) is 0 Å². The molecule has 1 heterocycles. The lowest BCUT2D eigenvalue weighted by molar-refractivity contribution is -0.121. The monoisotopic (exact) mass is 393 g/mol. The molecule has 0 unspecified atom stereocenters. The molecule has 0 bridgehead atoms. The van der Waals surface area contributed by atoms with Gasteiger partial charge in [0.1, 0.15) is 6.04 Å². The minimum atomic E-state index is -0.332. The predicted octanol–water partition coefficient (Wildman–Crippen LogP) is 4.39.